The van der Waals surface area contributed by atoms with Gasteiger partial charge in [-0.3, -0.25) is 0 Å². The van der Waals surface area contributed by atoms with Gasteiger partial charge < -0.3 is 9.88 Å². The lowest BCUT2D eigenvalue weighted by Crippen LogP contribution is -1.93. The maximum Gasteiger partial charge on any atom is 0.0541 e. The van der Waals surface area contributed by atoms with Crippen molar-refractivity contribution in [1.82, 2.24) is 4.57 Å². The Labute approximate surface area is 292 Å². The summed E-state index contributed by atoms with van der Waals surface area (Å²) in [5, 5.41) is 6.13. The van der Waals surface area contributed by atoms with Gasteiger partial charge in [-0.2, -0.15) is 0 Å². The highest BCUT2D eigenvalue weighted by Crippen LogP contribution is 2.36. The van der Waals surface area contributed by atoms with Gasteiger partial charge in [0.15, 0.2) is 0 Å². The number of nitrogens with zero attached hydrogens (tertiary/aromatic N) is 1. The average Bonchev–Trinajstić information content (AvgIpc) is 3.53. The van der Waals surface area contributed by atoms with Gasteiger partial charge in [-0.25, -0.2) is 0 Å². The second-order valence-electron chi connectivity index (χ2n) is 12.7. The number of anilines is 2. The first-order chi connectivity index (χ1) is 24.8. The average molecular weight is 639 g/mol. The van der Waals surface area contributed by atoms with Crippen LogP contribution in [0.3, 0.4) is 0 Å². The summed E-state index contributed by atoms with van der Waals surface area (Å²) >= 11 is 0. The van der Waals surface area contributed by atoms with Gasteiger partial charge in [0.05, 0.1) is 11.0 Å². The Morgan fingerprint density at radius 3 is 1.26 bits per heavy atom. The van der Waals surface area contributed by atoms with E-state index in [4.69, 9.17) is 0 Å². The second kappa shape index (κ2) is 12.8. The summed E-state index contributed by atoms with van der Waals surface area (Å²) in [4.78, 5) is 0. The highest BCUT2D eigenvalue weighted by Gasteiger charge is 2.13. The van der Waals surface area contributed by atoms with Gasteiger partial charge in [-0.05, 0) is 117 Å². The Morgan fingerprint density at radius 1 is 0.280 bits per heavy atom. The highest BCUT2D eigenvalue weighted by molar-refractivity contribution is 6.10. The molecule has 0 aliphatic carbocycles. The molecular formula is C48H34N2. The third-order valence-electron chi connectivity index (χ3n) is 9.56. The quantitative estimate of drug-likeness (QED) is 0.184. The molecule has 0 bridgehead atoms. The Kier molecular flexibility index (Phi) is 7.53. The zero-order valence-corrected chi connectivity index (χ0v) is 27.5. The van der Waals surface area contributed by atoms with Gasteiger partial charge >= 0.3 is 0 Å². The molecule has 2 heteroatoms. The summed E-state index contributed by atoms with van der Waals surface area (Å²) in [6.07, 6.45) is 0. The largest absolute Gasteiger partial charge is 0.356 e. The summed E-state index contributed by atoms with van der Waals surface area (Å²) < 4.78 is 2.36. The Hall–Kier alpha value is -6.64. The predicted octanol–water partition coefficient (Wildman–Crippen LogP) is 13.2. The molecule has 2 nitrogen and oxygen atoms in total. The molecule has 0 fully saturated rings. The molecule has 0 aliphatic rings. The van der Waals surface area contributed by atoms with Crippen LogP contribution in [0.1, 0.15) is 0 Å². The molecule has 0 saturated heterocycles. The van der Waals surface area contributed by atoms with Crippen LogP contribution in [0.15, 0.2) is 200 Å². The summed E-state index contributed by atoms with van der Waals surface area (Å²) in [5.74, 6) is 0. The monoisotopic (exact) mass is 638 g/mol. The number of hydrogen-bond donors (Lipinski definition) is 1. The lowest BCUT2D eigenvalue weighted by molar-refractivity contribution is 1.18. The van der Waals surface area contributed by atoms with E-state index in [1.165, 1.54) is 72.0 Å². The maximum atomic E-state index is 3.61. The van der Waals surface area contributed by atoms with Crippen molar-refractivity contribution in [3.8, 4) is 50.2 Å². The van der Waals surface area contributed by atoms with Crippen molar-refractivity contribution < 1.29 is 0 Å². The third-order valence-corrected chi connectivity index (χ3v) is 9.56. The molecule has 0 atom stereocenters. The minimum Gasteiger partial charge on any atom is -0.356 e. The molecule has 0 aliphatic heterocycles. The molecule has 0 unspecified atom stereocenters. The number of benzene rings is 8. The molecule has 1 heterocycles. The van der Waals surface area contributed by atoms with Crippen molar-refractivity contribution in [3.63, 3.8) is 0 Å². The van der Waals surface area contributed by atoms with Crippen molar-refractivity contribution >= 4 is 33.2 Å². The molecule has 8 aromatic carbocycles. The number of fused-ring (bicyclic) bond motifs is 3. The fourth-order valence-electron chi connectivity index (χ4n) is 7.06. The van der Waals surface area contributed by atoms with Crippen LogP contribution >= 0.6 is 0 Å². The van der Waals surface area contributed by atoms with Crippen LogP contribution in [0.5, 0.6) is 0 Å². The first-order valence-corrected chi connectivity index (χ1v) is 17.1. The van der Waals surface area contributed by atoms with Crippen LogP contribution in [0.25, 0.3) is 72.0 Å². The predicted molar refractivity (Wildman–Crippen MR) is 212 cm³/mol. The number of para-hydroxylation sites is 2. The molecular weight excluding hydrogens is 605 g/mol. The highest BCUT2D eigenvalue weighted by atomic mass is 15.0. The zero-order valence-electron chi connectivity index (χ0n) is 27.5. The lowest BCUT2D eigenvalue weighted by Gasteiger charge is -2.12. The molecule has 0 radical (unpaired) electrons. The van der Waals surface area contributed by atoms with E-state index in [0.29, 0.717) is 0 Å². The second-order valence-corrected chi connectivity index (χ2v) is 12.7. The molecule has 1 N–H and O–H groups in total. The molecule has 1 aromatic heterocycles. The van der Waals surface area contributed by atoms with E-state index in [0.717, 1.165) is 11.4 Å². The van der Waals surface area contributed by atoms with Crippen molar-refractivity contribution in [1.29, 1.82) is 0 Å². The van der Waals surface area contributed by atoms with Crippen LogP contribution in [-0.4, -0.2) is 4.57 Å². The minimum atomic E-state index is 1.05. The zero-order chi connectivity index (χ0) is 33.3. The van der Waals surface area contributed by atoms with Crippen LogP contribution < -0.4 is 5.32 Å². The number of rotatable bonds is 7. The van der Waals surface area contributed by atoms with Gasteiger partial charge in [0.25, 0.3) is 0 Å². The standard InChI is InChI=1S/C48H34N2/c1-4-12-34(13-5-1)39-30-40(35-14-6-2-7-15-35)32-41(31-39)37-22-27-43(28-23-37)49-42-25-20-36(21-26-42)38-24-29-48-46(33-38)45-18-10-11-19-47(45)50(48)44-16-8-3-9-17-44/h1-33,49H. The Morgan fingerprint density at radius 2 is 0.700 bits per heavy atom. The Balaban J connectivity index is 0.980. The van der Waals surface area contributed by atoms with Crippen LogP contribution in [-0.2, 0) is 0 Å². The van der Waals surface area contributed by atoms with Crippen LogP contribution in [0.4, 0.5) is 11.4 Å². The van der Waals surface area contributed by atoms with Gasteiger partial charge in [0, 0.05) is 27.8 Å². The number of hydrogen-bond acceptors (Lipinski definition) is 1. The van der Waals surface area contributed by atoms with Crippen molar-refractivity contribution in [2.24, 2.45) is 0 Å². The molecule has 0 saturated carbocycles. The van der Waals surface area contributed by atoms with E-state index in [1.54, 1.807) is 0 Å². The molecule has 9 aromatic rings. The fourth-order valence-corrected chi connectivity index (χ4v) is 7.06. The molecule has 0 spiro atoms. The first-order valence-electron chi connectivity index (χ1n) is 17.1. The third kappa shape index (κ3) is 5.63. The molecule has 0 amide bonds. The van der Waals surface area contributed by atoms with Gasteiger partial charge in [0.2, 0.25) is 0 Å². The van der Waals surface area contributed by atoms with Crippen molar-refractivity contribution in [2.75, 3.05) is 5.32 Å². The van der Waals surface area contributed by atoms with Crippen LogP contribution in [0, 0.1) is 0 Å². The SMILES string of the molecule is c1ccc(-c2cc(-c3ccccc3)cc(-c3ccc(Nc4ccc(-c5ccc6c(c5)c5ccccc5n6-c5ccccc5)cc4)cc3)c2)cc1. The van der Waals surface area contributed by atoms with E-state index in [9.17, 15) is 0 Å². The summed E-state index contributed by atoms with van der Waals surface area (Å²) in [6.45, 7) is 0. The van der Waals surface area contributed by atoms with Crippen molar-refractivity contribution in [2.45, 2.75) is 0 Å². The summed E-state index contributed by atoms with van der Waals surface area (Å²) in [5.41, 5.74) is 15.4. The van der Waals surface area contributed by atoms with E-state index >= 15 is 0 Å². The Bertz CT molecular complexity index is 2510. The lowest BCUT2D eigenvalue weighted by atomic mass is 9.93. The maximum absolute atomic E-state index is 3.61. The molecule has 50 heavy (non-hydrogen) atoms. The summed E-state index contributed by atoms with van der Waals surface area (Å²) in [7, 11) is 0. The smallest absolute Gasteiger partial charge is 0.0541 e. The van der Waals surface area contributed by atoms with Gasteiger partial charge in [0.1, 0.15) is 0 Å². The molecule has 9 rings (SSSR count). The van der Waals surface area contributed by atoms with E-state index in [-0.39, 0.29) is 0 Å². The van der Waals surface area contributed by atoms with E-state index in [1.807, 2.05) is 0 Å². The topological polar surface area (TPSA) is 17.0 Å². The number of nitrogens with one attached hydrogen (secondary N) is 1. The van der Waals surface area contributed by atoms with Gasteiger partial charge in [-0.1, -0.05) is 127 Å². The summed E-state index contributed by atoms with van der Waals surface area (Å²) in [6, 6.07) is 71.7. The van der Waals surface area contributed by atoms with Crippen molar-refractivity contribution in [3.05, 3.63) is 200 Å². The van der Waals surface area contributed by atoms with E-state index < -0.39 is 0 Å². The minimum absolute atomic E-state index is 1.05. The van der Waals surface area contributed by atoms with E-state index in [2.05, 4.69) is 210 Å². The normalized spacial score (nSPS) is 11.2. The fraction of sp³-hybridized carbons (Fsp3) is 0. The van der Waals surface area contributed by atoms with Gasteiger partial charge in [-0.15, -0.1) is 0 Å². The van der Waals surface area contributed by atoms with Crippen LogP contribution in [0.2, 0.25) is 0 Å². The molecule has 236 valence electrons. The first kappa shape index (κ1) is 29.5. The number of aromatic nitrogens is 1.